The zero-order chi connectivity index (χ0) is 14.3. The average Bonchev–Trinajstić information content (AvgIpc) is 2.37. The number of nitrogens with zero attached hydrogens (tertiary/aromatic N) is 1. The molecule has 108 valence electrons. The Morgan fingerprint density at radius 2 is 2.00 bits per heavy atom. The summed E-state index contributed by atoms with van der Waals surface area (Å²) in [5.41, 5.74) is 1.27. The molecular formula is C16H28N2O. The molecule has 1 atom stereocenters. The number of likely N-dealkylation sites (N-methyl/N-ethyl adjacent to an activating group) is 1. The highest BCUT2D eigenvalue weighted by Gasteiger charge is 2.12. The van der Waals surface area contributed by atoms with Crippen LogP contribution in [0.5, 0.6) is 5.75 Å². The minimum atomic E-state index is 0.589. The Hall–Kier alpha value is -1.06. The highest BCUT2D eigenvalue weighted by molar-refractivity contribution is 5.28. The largest absolute Gasteiger partial charge is 0.497 e. The van der Waals surface area contributed by atoms with Crippen LogP contribution in [0.25, 0.3) is 0 Å². The van der Waals surface area contributed by atoms with Gasteiger partial charge in [-0.05, 0) is 44.1 Å². The number of rotatable bonds is 8. The molecule has 0 saturated heterocycles. The van der Waals surface area contributed by atoms with Crippen molar-refractivity contribution < 1.29 is 4.74 Å². The Labute approximate surface area is 118 Å². The lowest BCUT2D eigenvalue weighted by atomic mass is 10.0. The molecule has 1 aromatic rings. The maximum Gasteiger partial charge on any atom is 0.119 e. The molecule has 0 spiro atoms. The first-order chi connectivity index (χ1) is 9.02. The van der Waals surface area contributed by atoms with Crippen LogP contribution in [-0.2, 0) is 6.54 Å². The fraction of sp³-hybridized carbons (Fsp3) is 0.625. The molecule has 0 saturated carbocycles. The van der Waals surface area contributed by atoms with E-state index in [9.17, 15) is 0 Å². The van der Waals surface area contributed by atoms with Gasteiger partial charge in [0, 0.05) is 19.1 Å². The lowest BCUT2D eigenvalue weighted by Crippen LogP contribution is -2.38. The molecule has 3 heteroatoms. The highest BCUT2D eigenvalue weighted by Crippen LogP contribution is 2.13. The Balaban J connectivity index is 2.42. The summed E-state index contributed by atoms with van der Waals surface area (Å²) in [6, 6.07) is 8.81. The van der Waals surface area contributed by atoms with Gasteiger partial charge in [0.1, 0.15) is 5.75 Å². The third-order valence-corrected chi connectivity index (χ3v) is 3.32. The van der Waals surface area contributed by atoms with Gasteiger partial charge in [0.2, 0.25) is 0 Å². The monoisotopic (exact) mass is 264 g/mol. The number of hydrogen-bond acceptors (Lipinski definition) is 3. The van der Waals surface area contributed by atoms with Crippen LogP contribution in [0, 0.1) is 5.92 Å². The molecule has 0 amide bonds. The van der Waals surface area contributed by atoms with E-state index in [4.69, 9.17) is 4.74 Å². The van der Waals surface area contributed by atoms with Gasteiger partial charge in [-0.15, -0.1) is 0 Å². The van der Waals surface area contributed by atoms with Crippen LogP contribution in [0.4, 0.5) is 0 Å². The van der Waals surface area contributed by atoms with Crippen LogP contribution < -0.4 is 10.1 Å². The van der Waals surface area contributed by atoms with Crippen LogP contribution in [0.1, 0.15) is 25.8 Å². The van der Waals surface area contributed by atoms with Crippen LogP contribution in [0.15, 0.2) is 24.3 Å². The van der Waals surface area contributed by atoms with Crippen molar-refractivity contribution in [2.24, 2.45) is 5.92 Å². The van der Waals surface area contributed by atoms with Gasteiger partial charge >= 0.3 is 0 Å². The molecule has 0 radical (unpaired) electrons. The lowest BCUT2D eigenvalue weighted by molar-refractivity contribution is 0.246. The lowest BCUT2D eigenvalue weighted by Gasteiger charge is -2.26. The van der Waals surface area contributed by atoms with Crippen LogP contribution in [0.3, 0.4) is 0 Å². The Morgan fingerprint density at radius 1 is 1.26 bits per heavy atom. The predicted molar refractivity (Wildman–Crippen MR) is 81.6 cm³/mol. The second kappa shape index (κ2) is 8.18. The van der Waals surface area contributed by atoms with Crippen molar-refractivity contribution in [2.45, 2.75) is 32.9 Å². The normalized spacial score (nSPS) is 13.0. The first kappa shape index (κ1) is 16.0. The van der Waals surface area contributed by atoms with Crippen LogP contribution in [0.2, 0.25) is 0 Å². The zero-order valence-electron chi connectivity index (χ0n) is 12.9. The maximum absolute atomic E-state index is 5.24. The molecule has 19 heavy (non-hydrogen) atoms. The quantitative estimate of drug-likeness (QED) is 0.781. The van der Waals surface area contributed by atoms with Crippen molar-refractivity contribution in [3.63, 3.8) is 0 Å². The van der Waals surface area contributed by atoms with E-state index in [1.807, 2.05) is 12.1 Å². The minimum absolute atomic E-state index is 0.589. The van der Waals surface area contributed by atoms with Crippen LogP contribution in [-0.4, -0.2) is 38.7 Å². The van der Waals surface area contributed by atoms with E-state index in [0.29, 0.717) is 6.04 Å². The summed E-state index contributed by atoms with van der Waals surface area (Å²) in [6.45, 7) is 6.46. The van der Waals surface area contributed by atoms with Gasteiger partial charge in [-0.2, -0.15) is 0 Å². The second-order valence-electron chi connectivity index (χ2n) is 5.73. The standard InChI is InChI=1S/C16H28N2O/c1-13(2)9-15(18(3)4)12-17-11-14-7-6-8-16(10-14)19-5/h6-8,10,13,15,17H,9,11-12H2,1-5H3. The number of hydrogen-bond donors (Lipinski definition) is 1. The maximum atomic E-state index is 5.24. The molecule has 0 aliphatic heterocycles. The topological polar surface area (TPSA) is 24.5 Å². The molecule has 0 fully saturated rings. The van der Waals surface area contributed by atoms with Crippen molar-refractivity contribution in [2.75, 3.05) is 27.7 Å². The summed E-state index contributed by atoms with van der Waals surface area (Å²) >= 11 is 0. The fourth-order valence-corrected chi connectivity index (χ4v) is 2.19. The fourth-order valence-electron chi connectivity index (χ4n) is 2.19. The minimum Gasteiger partial charge on any atom is -0.497 e. The van der Waals surface area contributed by atoms with E-state index in [1.54, 1.807) is 7.11 Å². The van der Waals surface area contributed by atoms with Crippen LogP contribution >= 0.6 is 0 Å². The first-order valence-corrected chi connectivity index (χ1v) is 7.03. The van der Waals surface area contributed by atoms with E-state index in [-0.39, 0.29) is 0 Å². The Kier molecular flexibility index (Phi) is 6.89. The molecule has 0 aromatic heterocycles. The van der Waals surface area contributed by atoms with Crippen molar-refractivity contribution in [3.8, 4) is 5.75 Å². The Bertz CT molecular complexity index is 364. The predicted octanol–water partition coefficient (Wildman–Crippen LogP) is 2.76. The first-order valence-electron chi connectivity index (χ1n) is 7.03. The van der Waals surface area contributed by atoms with E-state index in [2.05, 4.69) is 50.3 Å². The number of methoxy groups -OCH3 is 1. The van der Waals surface area contributed by atoms with Crippen molar-refractivity contribution in [1.82, 2.24) is 10.2 Å². The molecule has 3 nitrogen and oxygen atoms in total. The molecule has 1 rings (SSSR count). The smallest absolute Gasteiger partial charge is 0.119 e. The van der Waals surface area contributed by atoms with E-state index in [0.717, 1.165) is 24.8 Å². The Morgan fingerprint density at radius 3 is 2.58 bits per heavy atom. The molecule has 0 aliphatic carbocycles. The average molecular weight is 264 g/mol. The molecule has 1 unspecified atom stereocenters. The SMILES string of the molecule is COc1cccc(CNCC(CC(C)C)N(C)C)c1. The molecule has 1 aromatic carbocycles. The van der Waals surface area contributed by atoms with E-state index >= 15 is 0 Å². The van der Waals surface area contributed by atoms with Crippen molar-refractivity contribution in [3.05, 3.63) is 29.8 Å². The number of ether oxygens (including phenoxy) is 1. The van der Waals surface area contributed by atoms with Gasteiger partial charge in [-0.3, -0.25) is 0 Å². The highest BCUT2D eigenvalue weighted by atomic mass is 16.5. The summed E-state index contributed by atoms with van der Waals surface area (Å²) in [5, 5.41) is 3.54. The van der Waals surface area contributed by atoms with Crippen molar-refractivity contribution >= 4 is 0 Å². The van der Waals surface area contributed by atoms with Gasteiger partial charge in [0.25, 0.3) is 0 Å². The molecule has 0 aliphatic rings. The summed E-state index contributed by atoms with van der Waals surface area (Å²) in [7, 11) is 6.01. The van der Waals surface area contributed by atoms with E-state index in [1.165, 1.54) is 12.0 Å². The second-order valence-corrected chi connectivity index (χ2v) is 5.73. The van der Waals surface area contributed by atoms with Gasteiger partial charge in [-0.1, -0.05) is 26.0 Å². The molecule has 0 heterocycles. The van der Waals surface area contributed by atoms with Crippen molar-refractivity contribution in [1.29, 1.82) is 0 Å². The summed E-state index contributed by atoms with van der Waals surface area (Å²) < 4.78 is 5.24. The summed E-state index contributed by atoms with van der Waals surface area (Å²) in [5.74, 6) is 1.65. The molecular weight excluding hydrogens is 236 g/mol. The zero-order valence-corrected chi connectivity index (χ0v) is 12.9. The summed E-state index contributed by atoms with van der Waals surface area (Å²) in [4.78, 5) is 2.30. The third-order valence-electron chi connectivity index (χ3n) is 3.32. The third kappa shape index (κ3) is 6.08. The summed E-state index contributed by atoms with van der Waals surface area (Å²) in [6.07, 6.45) is 1.22. The molecule has 1 N–H and O–H groups in total. The van der Waals surface area contributed by atoms with E-state index < -0.39 is 0 Å². The number of nitrogens with one attached hydrogen (secondary N) is 1. The van der Waals surface area contributed by atoms with Gasteiger partial charge < -0.3 is 15.0 Å². The van der Waals surface area contributed by atoms with Gasteiger partial charge in [-0.25, -0.2) is 0 Å². The van der Waals surface area contributed by atoms with Gasteiger partial charge in [0.05, 0.1) is 7.11 Å². The number of benzene rings is 1. The molecule has 0 bridgehead atoms. The van der Waals surface area contributed by atoms with Gasteiger partial charge in [0.15, 0.2) is 0 Å².